The molecule has 3 aromatic rings. The first-order valence-corrected chi connectivity index (χ1v) is 9.33. The average Bonchev–Trinajstić information content (AvgIpc) is 2.75. The van der Waals surface area contributed by atoms with Gasteiger partial charge in [0.05, 0.1) is 5.69 Å². The van der Waals surface area contributed by atoms with E-state index in [2.05, 4.69) is 23.3 Å². The van der Waals surface area contributed by atoms with Crippen LogP contribution < -0.4 is 5.43 Å². The molecule has 2 heterocycles. The number of rotatable bonds is 3. The fourth-order valence-electron chi connectivity index (χ4n) is 3.44. The van der Waals surface area contributed by atoms with Crippen molar-refractivity contribution in [3.05, 3.63) is 100.0 Å². The Kier molecular flexibility index (Phi) is 4.89. The fourth-order valence-corrected chi connectivity index (χ4v) is 3.44. The zero-order valence-electron chi connectivity index (χ0n) is 15.7. The van der Waals surface area contributed by atoms with Crippen molar-refractivity contribution in [1.29, 1.82) is 0 Å². The molecule has 5 nitrogen and oxygen atoms in total. The molecule has 1 aliphatic rings. The third kappa shape index (κ3) is 3.51. The quantitative estimate of drug-likeness (QED) is 0.708. The molecule has 28 heavy (non-hydrogen) atoms. The molecule has 140 valence electrons. The first-order chi connectivity index (χ1) is 13.6. The number of aryl methyl sites for hydroxylation is 1. The highest BCUT2D eigenvalue weighted by Crippen LogP contribution is 2.22. The summed E-state index contributed by atoms with van der Waals surface area (Å²) in [6.07, 6.45) is 2.81. The van der Waals surface area contributed by atoms with Gasteiger partial charge >= 0.3 is 0 Å². The van der Waals surface area contributed by atoms with E-state index < -0.39 is 0 Å². The molecular formula is C23H21N3O2. The second-order valence-electron chi connectivity index (χ2n) is 6.84. The van der Waals surface area contributed by atoms with E-state index in [-0.39, 0.29) is 17.0 Å². The van der Waals surface area contributed by atoms with Gasteiger partial charge in [0.1, 0.15) is 0 Å². The van der Waals surface area contributed by atoms with E-state index in [4.69, 9.17) is 0 Å². The van der Waals surface area contributed by atoms with Crippen molar-refractivity contribution in [2.45, 2.75) is 13.3 Å². The Hall–Kier alpha value is -3.47. The van der Waals surface area contributed by atoms with Crippen LogP contribution in [0.25, 0.3) is 11.3 Å². The van der Waals surface area contributed by atoms with E-state index in [9.17, 15) is 9.59 Å². The van der Waals surface area contributed by atoms with Gasteiger partial charge in [0.2, 0.25) is 5.43 Å². The number of hydrogen-bond acceptors (Lipinski definition) is 3. The molecule has 0 saturated carbocycles. The van der Waals surface area contributed by atoms with Crippen LogP contribution in [0.2, 0.25) is 0 Å². The molecule has 0 fully saturated rings. The van der Waals surface area contributed by atoms with Gasteiger partial charge < -0.3 is 4.90 Å². The molecule has 1 amide bonds. The molecule has 4 rings (SSSR count). The van der Waals surface area contributed by atoms with Gasteiger partial charge in [-0.2, -0.15) is 5.10 Å². The second kappa shape index (κ2) is 7.64. The number of benzene rings is 2. The van der Waals surface area contributed by atoms with Crippen LogP contribution in [-0.4, -0.2) is 33.7 Å². The lowest BCUT2D eigenvalue weighted by Gasteiger charge is -2.26. The number of hydrogen-bond donors (Lipinski definition) is 0. The highest BCUT2D eigenvalue weighted by atomic mass is 16.2. The van der Waals surface area contributed by atoms with Crippen molar-refractivity contribution in [3.63, 3.8) is 0 Å². The fraction of sp³-hybridized carbons (Fsp3) is 0.174. The third-order valence-corrected chi connectivity index (χ3v) is 4.95. The zero-order valence-corrected chi connectivity index (χ0v) is 15.7. The Bertz CT molecular complexity index is 1090. The topological polar surface area (TPSA) is 55.2 Å². The van der Waals surface area contributed by atoms with Crippen molar-refractivity contribution in [2.75, 3.05) is 13.1 Å². The van der Waals surface area contributed by atoms with Crippen molar-refractivity contribution >= 4 is 11.5 Å². The number of carbonyl (C=O) groups excluding carboxylic acids is 1. The minimum absolute atomic E-state index is 0.0361. The van der Waals surface area contributed by atoms with Crippen LogP contribution in [-0.2, 0) is 0 Å². The molecule has 5 heteroatoms. The Morgan fingerprint density at radius 2 is 1.68 bits per heavy atom. The molecule has 0 unspecified atom stereocenters. The van der Waals surface area contributed by atoms with Crippen molar-refractivity contribution in [2.24, 2.45) is 0 Å². The summed E-state index contributed by atoms with van der Waals surface area (Å²) in [6.45, 7) is 2.86. The van der Waals surface area contributed by atoms with Gasteiger partial charge in [0.25, 0.3) is 5.91 Å². The van der Waals surface area contributed by atoms with Gasteiger partial charge in [-0.25, -0.2) is 4.68 Å². The molecule has 0 N–H and O–H groups in total. The molecule has 0 saturated heterocycles. The molecule has 0 radical (unpaired) electrons. The Labute approximate surface area is 163 Å². The van der Waals surface area contributed by atoms with Gasteiger partial charge in [0.15, 0.2) is 5.69 Å². The maximum Gasteiger partial charge on any atom is 0.278 e. The summed E-state index contributed by atoms with van der Waals surface area (Å²) in [5.74, 6) is -0.321. The maximum absolute atomic E-state index is 13.0. The number of nitrogens with zero attached hydrogens (tertiary/aromatic N) is 3. The predicted molar refractivity (Wildman–Crippen MR) is 110 cm³/mol. The van der Waals surface area contributed by atoms with Crippen molar-refractivity contribution in [3.8, 4) is 5.69 Å². The van der Waals surface area contributed by atoms with Crippen molar-refractivity contribution < 1.29 is 4.79 Å². The van der Waals surface area contributed by atoms with Gasteiger partial charge in [-0.15, -0.1) is 0 Å². The first kappa shape index (κ1) is 17.9. The smallest absolute Gasteiger partial charge is 0.278 e. The highest BCUT2D eigenvalue weighted by Gasteiger charge is 2.23. The lowest BCUT2D eigenvalue weighted by molar-refractivity contribution is 0.0763. The summed E-state index contributed by atoms with van der Waals surface area (Å²) in [7, 11) is 0. The lowest BCUT2D eigenvalue weighted by Crippen LogP contribution is -2.38. The van der Waals surface area contributed by atoms with E-state index in [1.807, 2.05) is 55.5 Å². The number of para-hydroxylation sites is 1. The van der Waals surface area contributed by atoms with Crippen LogP contribution in [0.4, 0.5) is 0 Å². The van der Waals surface area contributed by atoms with Crippen LogP contribution in [0.1, 0.15) is 28.2 Å². The van der Waals surface area contributed by atoms with Crippen LogP contribution in [0, 0.1) is 6.92 Å². The predicted octanol–water partition coefficient (Wildman–Crippen LogP) is 3.47. The highest BCUT2D eigenvalue weighted by molar-refractivity contribution is 5.92. The summed E-state index contributed by atoms with van der Waals surface area (Å²) in [5.41, 5.74) is 3.54. The van der Waals surface area contributed by atoms with Crippen LogP contribution in [0.5, 0.6) is 0 Å². The minimum Gasteiger partial charge on any atom is -0.333 e. The van der Waals surface area contributed by atoms with Gasteiger partial charge in [-0.1, -0.05) is 54.6 Å². The van der Waals surface area contributed by atoms with E-state index in [0.717, 1.165) is 12.1 Å². The van der Waals surface area contributed by atoms with Gasteiger partial charge in [0, 0.05) is 24.8 Å². The summed E-state index contributed by atoms with van der Waals surface area (Å²) in [6, 6.07) is 21.1. The SMILES string of the molecule is Cc1cc(=O)c(C(=O)N2CC=C(c3ccccc3)CC2)nn1-c1ccccc1. The maximum atomic E-state index is 13.0. The van der Waals surface area contributed by atoms with Gasteiger partial charge in [-0.3, -0.25) is 9.59 Å². The number of aromatic nitrogens is 2. The summed E-state index contributed by atoms with van der Waals surface area (Å²) in [5, 5.41) is 4.39. The van der Waals surface area contributed by atoms with E-state index in [0.29, 0.717) is 18.8 Å². The normalized spacial score (nSPS) is 13.9. The molecule has 1 aliphatic heterocycles. The second-order valence-corrected chi connectivity index (χ2v) is 6.84. The van der Waals surface area contributed by atoms with Crippen LogP contribution in [0.15, 0.2) is 77.6 Å². The first-order valence-electron chi connectivity index (χ1n) is 9.33. The lowest BCUT2D eigenvalue weighted by atomic mass is 9.99. The monoisotopic (exact) mass is 371 g/mol. The molecule has 0 spiro atoms. The number of amides is 1. The number of carbonyl (C=O) groups is 1. The summed E-state index contributed by atoms with van der Waals surface area (Å²) < 4.78 is 1.64. The molecule has 1 aromatic heterocycles. The standard InChI is InChI=1S/C23H21N3O2/c1-17-16-21(27)22(24-26(17)20-10-6-3-7-11-20)23(28)25-14-12-19(13-15-25)18-8-4-2-5-9-18/h2-12,16H,13-15H2,1H3. The minimum atomic E-state index is -0.340. The Balaban J connectivity index is 1.61. The average molecular weight is 371 g/mol. The summed E-state index contributed by atoms with van der Waals surface area (Å²) >= 11 is 0. The van der Waals surface area contributed by atoms with Gasteiger partial charge in [-0.05, 0) is 36.6 Å². The third-order valence-electron chi connectivity index (χ3n) is 4.95. The van der Waals surface area contributed by atoms with E-state index in [1.54, 1.807) is 9.58 Å². The molecule has 0 bridgehead atoms. The molecule has 0 atom stereocenters. The van der Waals surface area contributed by atoms with E-state index in [1.165, 1.54) is 17.2 Å². The van der Waals surface area contributed by atoms with Crippen molar-refractivity contribution in [1.82, 2.24) is 14.7 Å². The molecular weight excluding hydrogens is 350 g/mol. The Morgan fingerprint density at radius 1 is 1.00 bits per heavy atom. The largest absolute Gasteiger partial charge is 0.333 e. The summed E-state index contributed by atoms with van der Waals surface area (Å²) in [4.78, 5) is 27.1. The molecule has 2 aromatic carbocycles. The Morgan fingerprint density at radius 3 is 2.32 bits per heavy atom. The molecule has 0 aliphatic carbocycles. The zero-order chi connectivity index (χ0) is 19.5. The van der Waals surface area contributed by atoms with Crippen LogP contribution in [0.3, 0.4) is 0 Å². The van der Waals surface area contributed by atoms with E-state index >= 15 is 0 Å². The van der Waals surface area contributed by atoms with Crippen LogP contribution >= 0.6 is 0 Å².